The average molecular weight is 268 g/mol. The predicted octanol–water partition coefficient (Wildman–Crippen LogP) is 1.68. The van der Waals surface area contributed by atoms with E-state index < -0.39 is 10.9 Å². The number of halogens is 1. The lowest BCUT2D eigenvalue weighted by Gasteiger charge is -2.28. The molecule has 0 fully saturated rings. The summed E-state index contributed by atoms with van der Waals surface area (Å²) in [5, 5.41) is 10.6. The Balaban J connectivity index is 2.92. The maximum atomic E-state index is 12.7. The van der Waals surface area contributed by atoms with Crippen LogP contribution in [-0.2, 0) is 6.54 Å². The van der Waals surface area contributed by atoms with Crippen molar-refractivity contribution in [2.24, 2.45) is 0 Å². The fraction of sp³-hybridized carbons (Fsp3) is 0.417. The van der Waals surface area contributed by atoms with E-state index in [0.29, 0.717) is 18.9 Å². The summed E-state index contributed by atoms with van der Waals surface area (Å²) in [6.45, 7) is 2.92. The fourth-order valence-corrected chi connectivity index (χ4v) is 1.65. The van der Waals surface area contributed by atoms with E-state index in [2.05, 4.69) is 4.98 Å². The molecular formula is C12H17FN4O2. The number of aromatic nitrogens is 1. The van der Waals surface area contributed by atoms with Gasteiger partial charge in [0.25, 0.3) is 6.20 Å². The van der Waals surface area contributed by atoms with Crippen LogP contribution in [0.2, 0.25) is 0 Å². The van der Waals surface area contributed by atoms with Crippen molar-refractivity contribution >= 4 is 0 Å². The van der Waals surface area contributed by atoms with Crippen molar-refractivity contribution in [3.8, 4) is 0 Å². The van der Waals surface area contributed by atoms with Crippen LogP contribution in [0.1, 0.15) is 12.5 Å². The van der Waals surface area contributed by atoms with E-state index in [-0.39, 0.29) is 0 Å². The number of rotatable bonds is 6. The lowest BCUT2D eigenvalue weighted by Crippen LogP contribution is -2.31. The van der Waals surface area contributed by atoms with Crippen molar-refractivity contribution < 1.29 is 9.31 Å². The van der Waals surface area contributed by atoms with Crippen LogP contribution in [0.4, 0.5) is 4.39 Å². The molecule has 0 radical (unpaired) electrons. The van der Waals surface area contributed by atoms with Crippen LogP contribution >= 0.6 is 0 Å². The molecule has 7 heteroatoms. The van der Waals surface area contributed by atoms with Crippen LogP contribution in [0.15, 0.2) is 30.4 Å². The molecule has 1 heterocycles. The number of hydrogen-bond acceptors (Lipinski definition) is 5. The molecule has 6 nitrogen and oxygen atoms in total. The van der Waals surface area contributed by atoms with Crippen molar-refractivity contribution in [2.75, 3.05) is 20.6 Å². The molecule has 0 saturated carbocycles. The van der Waals surface area contributed by atoms with E-state index in [1.54, 1.807) is 25.1 Å². The molecule has 1 aromatic heterocycles. The van der Waals surface area contributed by atoms with Crippen molar-refractivity contribution in [3.63, 3.8) is 0 Å². The summed E-state index contributed by atoms with van der Waals surface area (Å²) in [7, 11) is 3.47. The van der Waals surface area contributed by atoms with Gasteiger partial charge in [-0.3, -0.25) is 10.1 Å². The monoisotopic (exact) mass is 268 g/mol. The normalized spacial score (nSPS) is 11.3. The molecule has 0 aromatic carbocycles. The van der Waals surface area contributed by atoms with E-state index in [1.807, 2.05) is 11.8 Å². The molecular weight excluding hydrogens is 251 g/mol. The highest BCUT2D eigenvalue weighted by atomic mass is 19.1. The molecule has 0 atom stereocenters. The van der Waals surface area contributed by atoms with Gasteiger partial charge >= 0.3 is 0 Å². The Bertz CT molecular complexity index is 459. The molecule has 0 aliphatic carbocycles. The first-order chi connectivity index (χ1) is 8.93. The highest BCUT2D eigenvalue weighted by Gasteiger charge is 2.14. The van der Waals surface area contributed by atoms with Gasteiger partial charge < -0.3 is 9.80 Å². The first kappa shape index (κ1) is 14.9. The van der Waals surface area contributed by atoms with Gasteiger partial charge in [-0.2, -0.15) is 4.39 Å². The Kier molecular flexibility index (Phi) is 5.23. The van der Waals surface area contributed by atoms with E-state index in [9.17, 15) is 14.5 Å². The summed E-state index contributed by atoms with van der Waals surface area (Å²) < 4.78 is 12.7. The Labute approximate surface area is 111 Å². The van der Waals surface area contributed by atoms with Gasteiger partial charge in [-0.1, -0.05) is 6.07 Å². The standard InChI is InChI=1S/C12H17FN4O2/c1-4-16(12(15(2)3)9-17(18)19)8-10-5-6-11(13)14-7-10/h5-7,9H,4,8H2,1-3H3. The Hall–Kier alpha value is -2.18. The molecule has 1 aromatic rings. The molecule has 0 aliphatic heterocycles. The zero-order chi connectivity index (χ0) is 14.4. The van der Waals surface area contributed by atoms with Crippen molar-refractivity contribution in [2.45, 2.75) is 13.5 Å². The molecule has 0 spiro atoms. The topological polar surface area (TPSA) is 62.5 Å². The van der Waals surface area contributed by atoms with Gasteiger partial charge in [0.15, 0.2) is 5.82 Å². The van der Waals surface area contributed by atoms with Crippen LogP contribution in [-0.4, -0.2) is 40.3 Å². The first-order valence-corrected chi connectivity index (χ1v) is 5.82. The molecule has 0 bridgehead atoms. The SMILES string of the molecule is CCN(Cc1ccc(F)nc1)C(=C[N+](=O)[O-])N(C)C. The van der Waals surface area contributed by atoms with Crippen LogP contribution in [0.25, 0.3) is 0 Å². The minimum atomic E-state index is -0.541. The summed E-state index contributed by atoms with van der Waals surface area (Å²) in [5.74, 6) is -0.0581. The Morgan fingerprint density at radius 3 is 2.63 bits per heavy atom. The van der Waals surface area contributed by atoms with Crippen LogP contribution in [0.5, 0.6) is 0 Å². The molecule has 0 unspecified atom stereocenters. The summed E-state index contributed by atoms with van der Waals surface area (Å²) in [5.41, 5.74) is 0.791. The second-order valence-electron chi connectivity index (χ2n) is 4.17. The predicted molar refractivity (Wildman–Crippen MR) is 69.0 cm³/mol. The number of nitro groups is 1. The largest absolute Gasteiger partial charge is 0.359 e. The second kappa shape index (κ2) is 6.67. The van der Waals surface area contributed by atoms with Crippen molar-refractivity contribution in [1.82, 2.24) is 14.8 Å². The highest BCUT2D eigenvalue weighted by Crippen LogP contribution is 2.12. The van der Waals surface area contributed by atoms with Gasteiger partial charge in [0.1, 0.15) is 0 Å². The molecule has 19 heavy (non-hydrogen) atoms. The zero-order valence-electron chi connectivity index (χ0n) is 11.2. The third kappa shape index (κ3) is 4.53. The highest BCUT2D eigenvalue weighted by molar-refractivity contribution is 5.11. The van der Waals surface area contributed by atoms with Gasteiger partial charge in [0.2, 0.25) is 5.95 Å². The number of pyridine rings is 1. The summed E-state index contributed by atoms with van der Waals surface area (Å²) in [6, 6.07) is 2.89. The Morgan fingerprint density at radius 2 is 2.21 bits per heavy atom. The summed E-state index contributed by atoms with van der Waals surface area (Å²) >= 11 is 0. The van der Waals surface area contributed by atoms with Gasteiger partial charge in [-0.15, -0.1) is 0 Å². The van der Waals surface area contributed by atoms with Crippen LogP contribution in [0.3, 0.4) is 0 Å². The van der Waals surface area contributed by atoms with E-state index >= 15 is 0 Å². The summed E-state index contributed by atoms with van der Waals surface area (Å²) in [4.78, 5) is 17.2. The summed E-state index contributed by atoms with van der Waals surface area (Å²) in [6.07, 6.45) is 2.39. The zero-order valence-corrected chi connectivity index (χ0v) is 11.2. The van der Waals surface area contributed by atoms with E-state index in [4.69, 9.17) is 0 Å². The molecule has 0 aliphatic rings. The fourth-order valence-electron chi connectivity index (χ4n) is 1.65. The average Bonchev–Trinajstić information content (AvgIpc) is 2.35. The van der Waals surface area contributed by atoms with Crippen LogP contribution < -0.4 is 0 Å². The quantitative estimate of drug-likeness (QED) is 0.446. The molecule has 0 amide bonds. The van der Waals surface area contributed by atoms with Gasteiger partial charge in [0.05, 0.1) is 4.92 Å². The van der Waals surface area contributed by atoms with Crippen molar-refractivity contribution in [1.29, 1.82) is 0 Å². The maximum Gasteiger partial charge on any atom is 0.274 e. The first-order valence-electron chi connectivity index (χ1n) is 5.82. The second-order valence-corrected chi connectivity index (χ2v) is 4.17. The number of nitrogens with zero attached hydrogens (tertiary/aromatic N) is 4. The third-order valence-electron chi connectivity index (χ3n) is 2.55. The molecule has 104 valence electrons. The molecule has 0 N–H and O–H groups in total. The molecule has 1 rings (SSSR count). The van der Waals surface area contributed by atoms with Crippen LogP contribution in [0, 0.1) is 16.1 Å². The number of hydrogen-bond donors (Lipinski definition) is 0. The van der Waals surface area contributed by atoms with Crippen molar-refractivity contribution in [3.05, 3.63) is 52.0 Å². The van der Waals surface area contributed by atoms with Gasteiger partial charge in [0, 0.05) is 33.4 Å². The van der Waals surface area contributed by atoms with Gasteiger partial charge in [-0.25, -0.2) is 4.98 Å². The lowest BCUT2D eigenvalue weighted by atomic mass is 10.2. The van der Waals surface area contributed by atoms with E-state index in [0.717, 1.165) is 11.8 Å². The minimum Gasteiger partial charge on any atom is -0.359 e. The third-order valence-corrected chi connectivity index (χ3v) is 2.55. The lowest BCUT2D eigenvalue weighted by molar-refractivity contribution is -0.405. The Morgan fingerprint density at radius 1 is 1.53 bits per heavy atom. The smallest absolute Gasteiger partial charge is 0.274 e. The molecule has 0 saturated heterocycles. The maximum absolute atomic E-state index is 12.7. The van der Waals surface area contributed by atoms with Gasteiger partial charge in [-0.05, 0) is 18.6 Å². The van der Waals surface area contributed by atoms with E-state index in [1.165, 1.54) is 12.3 Å². The minimum absolute atomic E-state index is 0.432.